The third-order valence-corrected chi connectivity index (χ3v) is 7.28. The van der Waals surface area contributed by atoms with Gasteiger partial charge in [-0.1, -0.05) is 0 Å². The number of oxazole rings is 1. The highest BCUT2D eigenvalue weighted by molar-refractivity contribution is 5.88. The average molecular weight is 466 g/mol. The fourth-order valence-electron chi connectivity index (χ4n) is 5.09. The van der Waals surface area contributed by atoms with Gasteiger partial charge >= 0.3 is 0 Å². The molecule has 0 atom stereocenters. The number of nitrogens with one attached hydrogen (secondary N) is 1. The van der Waals surface area contributed by atoms with Crippen LogP contribution in [0.2, 0.25) is 0 Å². The summed E-state index contributed by atoms with van der Waals surface area (Å²) in [7, 11) is 2.11. The van der Waals surface area contributed by atoms with Crippen molar-refractivity contribution in [2.75, 3.05) is 45.1 Å². The van der Waals surface area contributed by atoms with Gasteiger partial charge in [0.1, 0.15) is 11.6 Å². The quantitative estimate of drug-likeness (QED) is 0.605. The van der Waals surface area contributed by atoms with Gasteiger partial charge < -0.3 is 19.5 Å². The van der Waals surface area contributed by atoms with Crippen molar-refractivity contribution in [1.29, 1.82) is 0 Å². The minimum atomic E-state index is -0.330. The molecule has 1 amide bonds. The number of anilines is 1. The number of fused-ring (bicyclic) bond motifs is 1. The first-order chi connectivity index (χ1) is 16.5. The maximum absolute atomic E-state index is 14.6. The van der Waals surface area contributed by atoms with Crippen LogP contribution >= 0.6 is 0 Å². The first-order valence-electron chi connectivity index (χ1n) is 12.2. The van der Waals surface area contributed by atoms with Crippen molar-refractivity contribution in [2.45, 2.75) is 32.6 Å². The number of nitrogens with zero attached hydrogens (tertiary/aromatic N) is 4. The zero-order valence-corrected chi connectivity index (χ0v) is 19.9. The minimum absolute atomic E-state index is 0.166. The molecule has 2 aromatic heterocycles. The molecule has 5 rings (SSSR count). The molecule has 1 aliphatic heterocycles. The molecule has 8 heteroatoms. The van der Waals surface area contributed by atoms with Gasteiger partial charge in [-0.15, -0.1) is 0 Å². The Hall–Kier alpha value is -3.00. The summed E-state index contributed by atoms with van der Waals surface area (Å²) in [6.45, 7) is 6.20. The largest absolute Gasteiger partial charge is 0.441 e. The Morgan fingerprint density at radius 3 is 2.56 bits per heavy atom. The zero-order chi connectivity index (χ0) is 23.7. The highest BCUT2D eigenvalue weighted by atomic mass is 19.1. The summed E-state index contributed by atoms with van der Waals surface area (Å²) in [5.74, 6) is 2.52. The first kappa shape index (κ1) is 22.8. The van der Waals surface area contributed by atoms with Crippen molar-refractivity contribution < 1.29 is 13.6 Å². The number of aromatic nitrogens is 2. The first-order valence-corrected chi connectivity index (χ1v) is 12.2. The molecule has 1 saturated heterocycles. The van der Waals surface area contributed by atoms with Crippen LogP contribution in [0.5, 0.6) is 0 Å². The lowest BCUT2D eigenvalue weighted by molar-refractivity contribution is -0.138. The van der Waals surface area contributed by atoms with Crippen molar-refractivity contribution in [2.24, 2.45) is 11.8 Å². The van der Waals surface area contributed by atoms with Crippen LogP contribution in [0.15, 0.2) is 35.0 Å². The molecule has 0 unspecified atom stereocenters. The van der Waals surface area contributed by atoms with Gasteiger partial charge in [0.05, 0.1) is 6.20 Å². The van der Waals surface area contributed by atoms with E-state index in [0.29, 0.717) is 34.4 Å². The maximum atomic E-state index is 14.6. The third kappa shape index (κ3) is 4.92. The van der Waals surface area contributed by atoms with E-state index in [9.17, 15) is 9.18 Å². The zero-order valence-electron chi connectivity index (χ0n) is 19.9. The predicted molar refractivity (Wildman–Crippen MR) is 130 cm³/mol. The molecule has 0 spiro atoms. The van der Waals surface area contributed by atoms with Crippen LogP contribution in [-0.2, 0) is 4.79 Å². The Labute approximate surface area is 199 Å². The number of piperazine rings is 1. The Bertz CT molecular complexity index is 1160. The van der Waals surface area contributed by atoms with Gasteiger partial charge in [-0.25, -0.2) is 14.4 Å². The van der Waals surface area contributed by atoms with Crippen LogP contribution in [0, 0.1) is 24.6 Å². The Kier molecular flexibility index (Phi) is 6.50. The summed E-state index contributed by atoms with van der Waals surface area (Å²) in [6, 6.07) is 5.24. The Morgan fingerprint density at radius 2 is 1.85 bits per heavy atom. The molecule has 0 bridgehead atoms. The van der Waals surface area contributed by atoms with Gasteiger partial charge in [0, 0.05) is 62.7 Å². The van der Waals surface area contributed by atoms with E-state index in [1.165, 1.54) is 6.07 Å². The second-order valence-corrected chi connectivity index (χ2v) is 9.72. The summed E-state index contributed by atoms with van der Waals surface area (Å²) in [5, 5.41) is 4.68. The van der Waals surface area contributed by atoms with Crippen molar-refractivity contribution in [1.82, 2.24) is 19.8 Å². The van der Waals surface area contributed by atoms with Crippen LogP contribution in [0.3, 0.4) is 0 Å². The van der Waals surface area contributed by atoms with Crippen LogP contribution in [0.4, 0.5) is 10.2 Å². The van der Waals surface area contributed by atoms with E-state index in [-0.39, 0.29) is 11.7 Å². The number of hydrogen-bond acceptors (Lipinski definition) is 6. The van der Waals surface area contributed by atoms with E-state index in [1.807, 2.05) is 12.1 Å². The van der Waals surface area contributed by atoms with Crippen molar-refractivity contribution >= 4 is 22.5 Å². The minimum Gasteiger partial charge on any atom is -0.441 e. The molecule has 7 nitrogen and oxygen atoms in total. The SMILES string of the molecule is Cc1ncc(-c2cc(F)c3cnc(NCC4CCC(C(=O)N5CCN(C)CC5)CC4)cc3c2)o1. The van der Waals surface area contributed by atoms with Gasteiger partial charge in [-0.05, 0) is 62.2 Å². The number of rotatable bonds is 5. The van der Waals surface area contributed by atoms with E-state index < -0.39 is 0 Å². The standard InChI is InChI=1S/C26H32FN5O2/c1-17-28-16-24(34-17)21-11-20-13-25(30-15-22(20)23(27)12-21)29-14-18-3-5-19(6-4-18)26(33)32-9-7-31(2)8-10-32/h11-13,15-16,18-19H,3-10,14H2,1-2H3,(H,29,30). The summed E-state index contributed by atoms with van der Waals surface area (Å²) in [4.78, 5) is 25.7. The summed E-state index contributed by atoms with van der Waals surface area (Å²) in [6.07, 6.45) is 7.17. The number of likely N-dealkylation sites (N-methyl/N-ethyl adjacent to an activating group) is 1. The Morgan fingerprint density at radius 1 is 1.09 bits per heavy atom. The third-order valence-electron chi connectivity index (χ3n) is 7.28. The molecule has 34 heavy (non-hydrogen) atoms. The van der Waals surface area contributed by atoms with Gasteiger partial charge in [0.25, 0.3) is 0 Å². The maximum Gasteiger partial charge on any atom is 0.225 e. The van der Waals surface area contributed by atoms with Crippen LogP contribution in [0.25, 0.3) is 22.1 Å². The molecule has 3 heterocycles. The van der Waals surface area contributed by atoms with Crippen molar-refractivity contribution in [3.05, 3.63) is 42.3 Å². The van der Waals surface area contributed by atoms with Gasteiger partial charge in [-0.3, -0.25) is 4.79 Å². The lowest BCUT2D eigenvalue weighted by Crippen LogP contribution is -2.49. The highest BCUT2D eigenvalue weighted by Gasteiger charge is 2.30. The molecular formula is C26H32FN5O2. The predicted octanol–water partition coefficient (Wildman–Crippen LogP) is 4.33. The summed E-state index contributed by atoms with van der Waals surface area (Å²) in [5.41, 5.74) is 0.658. The van der Waals surface area contributed by atoms with Crippen molar-refractivity contribution in [3.63, 3.8) is 0 Å². The van der Waals surface area contributed by atoms with Crippen LogP contribution < -0.4 is 5.32 Å². The fraction of sp³-hybridized carbons (Fsp3) is 0.500. The van der Waals surface area contributed by atoms with Crippen molar-refractivity contribution in [3.8, 4) is 11.3 Å². The smallest absolute Gasteiger partial charge is 0.225 e. The van der Waals surface area contributed by atoms with Crippen LogP contribution in [-0.4, -0.2) is 65.4 Å². The molecule has 1 N–H and O–H groups in total. The fourth-order valence-corrected chi connectivity index (χ4v) is 5.09. The van der Waals surface area contributed by atoms with E-state index >= 15 is 0 Å². The van der Waals surface area contributed by atoms with E-state index in [1.54, 1.807) is 19.3 Å². The number of hydrogen-bond donors (Lipinski definition) is 1. The molecule has 2 fully saturated rings. The highest BCUT2D eigenvalue weighted by Crippen LogP contribution is 2.32. The second-order valence-electron chi connectivity index (χ2n) is 9.72. The molecule has 2 aliphatic rings. The molecule has 180 valence electrons. The summed E-state index contributed by atoms with van der Waals surface area (Å²) < 4.78 is 20.2. The number of aryl methyl sites for hydroxylation is 1. The summed E-state index contributed by atoms with van der Waals surface area (Å²) >= 11 is 0. The number of carbonyl (C=O) groups excluding carboxylic acids is 1. The van der Waals surface area contributed by atoms with E-state index in [4.69, 9.17) is 4.42 Å². The van der Waals surface area contributed by atoms with E-state index in [0.717, 1.165) is 69.6 Å². The number of halogens is 1. The molecule has 3 aromatic rings. The molecule has 1 aromatic carbocycles. The van der Waals surface area contributed by atoms with Gasteiger partial charge in [0.2, 0.25) is 5.91 Å². The molecule has 1 saturated carbocycles. The van der Waals surface area contributed by atoms with E-state index in [2.05, 4.69) is 32.1 Å². The second kappa shape index (κ2) is 9.70. The molecule has 0 radical (unpaired) electrons. The molecular weight excluding hydrogens is 433 g/mol. The number of carbonyl (C=O) groups is 1. The number of benzene rings is 1. The van der Waals surface area contributed by atoms with Gasteiger partial charge in [0.15, 0.2) is 11.7 Å². The lowest BCUT2D eigenvalue weighted by Gasteiger charge is -2.36. The number of amides is 1. The van der Waals surface area contributed by atoms with Crippen LogP contribution in [0.1, 0.15) is 31.6 Å². The topological polar surface area (TPSA) is 74.5 Å². The number of pyridine rings is 1. The van der Waals surface area contributed by atoms with Gasteiger partial charge in [-0.2, -0.15) is 0 Å². The lowest BCUT2D eigenvalue weighted by atomic mass is 9.81. The monoisotopic (exact) mass is 465 g/mol. The Balaban J connectivity index is 1.18. The normalized spacial score (nSPS) is 21.7. The molecule has 1 aliphatic carbocycles. The average Bonchev–Trinajstić information content (AvgIpc) is 3.29.